The van der Waals surface area contributed by atoms with Gasteiger partial charge in [-0.1, -0.05) is 0 Å². The maximum Gasteiger partial charge on any atom is 0.328 e. The van der Waals surface area contributed by atoms with E-state index in [-0.39, 0.29) is 12.1 Å². The lowest BCUT2D eigenvalue weighted by Gasteiger charge is -2.31. The van der Waals surface area contributed by atoms with Crippen LogP contribution in [-0.4, -0.2) is 78.2 Å². The molecule has 9 heteroatoms. The van der Waals surface area contributed by atoms with Gasteiger partial charge < -0.3 is 14.7 Å². The van der Waals surface area contributed by atoms with Crippen LogP contribution in [0, 0.1) is 0 Å². The predicted octanol–water partition coefficient (Wildman–Crippen LogP) is 2.03. The molecule has 0 unspecified atom stereocenters. The third-order valence-electron chi connectivity index (χ3n) is 6.32. The molecule has 2 saturated heterocycles. The molecule has 0 aromatic carbocycles. The van der Waals surface area contributed by atoms with E-state index in [0.29, 0.717) is 5.82 Å². The van der Waals surface area contributed by atoms with E-state index in [9.17, 15) is 4.79 Å². The Morgan fingerprint density at radius 2 is 1.90 bits per heavy atom. The number of urea groups is 1. The molecule has 6 heterocycles. The van der Waals surface area contributed by atoms with Gasteiger partial charge in [0.05, 0.1) is 5.69 Å². The highest BCUT2D eigenvalue weighted by Crippen LogP contribution is 2.39. The highest BCUT2D eigenvalue weighted by molar-refractivity contribution is 6.03. The SMILES string of the molecule is CN1CCCN(c2ccc3c(n2)N(C(=O)Nc2ccncn2)C2CCN3CC2)CC1. The number of carbonyl (C=O) groups is 1. The summed E-state index contributed by atoms with van der Waals surface area (Å²) in [6.45, 7) is 5.95. The minimum Gasteiger partial charge on any atom is -0.368 e. The smallest absolute Gasteiger partial charge is 0.328 e. The average molecular weight is 409 g/mol. The monoisotopic (exact) mass is 408 g/mol. The van der Waals surface area contributed by atoms with E-state index in [4.69, 9.17) is 4.98 Å². The van der Waals surface area contributed by atoms with Gasteiger partial charge in [-0.3, -0.25) is 10.2 Å². The van der Waals surface area contributed by atoms with E-state index < -0.39 is 0 Å². The minimum absolute atomic E-state index is 0.141. The first-order chi connectivity index (χ1) is 14.7. The molecule has 30 heavy (non-hydrogen) atoms. The first-order valence-electron chi connectivity index (χ1n) is 10.7. The molecule has 158 valence electrons. The van der Waals surface area contributed by atoms with Gasteiger partial charge >= 0.3 is 6.03 Å². The summed E-state index contributed by atoms with van der Waals surface area (Å²) in [5.74, 6) is 2.21. The van der Waals surface area contributed by atoms with E-state index in [2.05, 4.69) is 49.2 Å². The van der Waals surface area contributed by atoms with Gasteiger partial charge in [0.2, 0.25) is 0 Å². The summed E-state index contributed by atoms with van der Waals surface area (Å²) in [7, 11) is 2.16. The second-order valence-corrected chi connectivity index (χ2v) is 8.27. The number of rotatable bonds is 2. The number of pyridine rings is 1. The topological polar surface area (TPSA) is 80.7 Å². The van der Waals surface area contributed by atoms with Crippen molar-refractivity contribution >= 4 is 29.2 Å². The molecule has 0 atom stereocenters. The van der Waals surface area contributed by atoms with Crippen LogP contribution in [0.15, 0.2) is 30.7 Å². The zero-order valence-electron chi connectivity index (χ0n) is 17.4. The van der Waals surface area contributed by atoms with E-state index in [1.807, 2.05) is 4.90 Å². The standard InChI is InChI=1S/C21H28N8O/c1-26-9-2-10-28(14-13-26)19-4-3-17-20(25-19)29(16-6-11-27(17)12-7-16)21(30)24-18-5-8-22-15-23-18/h3-5,8,15-16H,2,6-7,9-14H2,1H3,(H,22,23,24,30). The number of aromatic nitrogens is 3. The molecule has 9 nitrogen and oxygen atoms in total. The Kier molecular flexibility index (Phi) is 5.12. The van der Waals surface area contributed by atoms with Crippen LogP contribution in [0.2, 0.25) is 0 Å². The third-order valence-corrected chi connectivity index (χ3v) is 6.32. The van der Waals surface area contributed by atoms with Crippen LogP contribution in [0.5, 0.6) is 0 Å². The molecule has 2 aromatic heterocycles. The zero-order valence-corrected chi connectivity index (χ0v) is 17.4. The van der Waals surface area contributed by atoms with Crippen LogP contribution in [0.1, 0.15) is 19.3 Å². The predicted molar refractivity (Wildman–Crippen MR) is 117 cm³/mol. The molecule has 0 saturated carbocycles. The van der Waals surface area contributed by atoms with E-state index in [0.717, 1.165) is 75.9 Å². The van der Waals surface area contributed by atoms with Crippen molar-refractivity contribution in [2.75, 3.05) is 66.3 Å². The quantitative estimate of drug-likeness (QED) is 0.814. The number of piperidine rings is 1. The highest BCUT2D eigenvalue weighted by atomic mass is 16.2. The first-order valence-corrected chi connectivity index (χ1v) is 10.7. The molecule has 1 N–H and O–H groups in total. The summed E-state index contributed by atoms with van der Waals surface area (Å²) < 4.78 is 0. The summed E-state index contributed by atoms with van der Waals surface area (Å²) in [6, 6.07) is 5.93. The maximum absolute atomic E-state index is 13.3. The molecule has 0 spiro atoms. The Balaban J connectivity index is 1.48. The number of anilines is 4. The van der Waals surface area contributed by atoms with Crippen molar-refractivity contribution in [3.8, 4) is 0 Å². The molecular formula is C21H28N8O. The number of carbonyl (C=O) groups excluding carboxylic acids is 1. The Morgan fingerprint density at radius 3 is 2.70 bits per heavy atom. The number of likely N-dealkylation sites (N-methyl/N-ethyl adjacent to an activating group) is 1. The number of nitrogens with zero attached hydrogens (tertiary/aromatic N) is 7. The van der Waals surface area contributed by atoms with Crippen molar-refractivity contribution in [2.45, 2.75) is 25.3 Å². The van der Waals surface area contributed by atoms with Crippen molar-refractivity contribution in [3.63, 3.8) is 0 Å². The van der Waals surface area contributed by atoms with Gasteiger partial charge in [0, 0.05) is 45.0 Å². The lowest BCUT2D eigenvalue weighted by Crippen LogP contribution is -2.46. The van der Waals surface area contributed by atoms with Crippen LogP contribution in [0.25, 0.3) is 0 Å². The lowest BCUT2D eigenvalue weighted by atomic mass is 10.1. The number of amides is 2. The van der Waals surface area contributed by atoms with Crippen molar-refractivity contribution in [1.82, 2.24) is 19.9 Å². The van der Waals surface area contributed by atoms with Gasteiger partial charge in [-0.05, 0) is 51.1 Å². The van der Waals surface area contributed by atoms with Crippen LogP contribution in [-0.2, 0) is 0 Å². The summed E-state index contributed by atoms with van der Waals surface area (Å²) in [4.78, 5) is 35.4. The molecule has 0 radical (unpaired) electrons. The van der Waals surface area contributed by atoms with Crippen molar-refractivity contribution in [1.29, 1.82) is 0 Å². The first kappa shape index (κ1) is 19.0. The lowest BCUT2D eigenvalue weighted by molar-refractivity contribution is 0.253. The van der Waals surface area contributed by atoms with Gasteiger partial charge in [-0.15, -0.1) is 0 Å². The number of fused-ring (bicyclic) bond motifs is 2. The number of hydrogen-bond donors (Lipinski definition) is 1. The van der Waals surface area contributed by atoms with Gasteiger partial charge in [-0.2, -0.15) is 0 Å². The molecule has 2 bridgehead atoms. The molecule has 0 aliphatic carbocycles. The van der Waals surface area contributed by atoms with E-state index >= 15 is 0 Å². The van der Waals surface area contributed by atoms with Gasteiger partial charge in [-0.25, -0.2) is 19.7 Å². The van der Waals surface area contributed by atoms with E-state index in [1.165, 1.54) is 6.33 Å². The summed E-state index contributed by atoms with van der Waals surface area (Å²) >= 11 is 0. The molecule has 2 amide bonds. The molecular weight excluding hydrogens is 380 g/mol. The third kappa shape index (κ3) is 3.65. The van der Waals surface area contributed by atoms with Gasteiger partial charge in [0.1, 0.15) is 18.0 Å². The van der Waals surface area contributed by atoms with Crippen molar-refractivity contribution in [2.24, 2.45) is 0 Å². The molecule has 6 rings (SSSR count). The van der Waals surface area contributed by atoms with E-state index in [1.54, 1.807) is 12.3 Å². The fourth-order valence-electron chi connectivity index (χ4n) is 4.64. The van der Waals surface area contributed by atoms with Gasteiger partial charge in [0.25, 0.3) is 0 Å². The average Bonchev–Trinajstić information content (AvgIpc) is 3.14. The normalized spacial score (nSPS) is 20.0. The summed E-state index contributed by atoms with van der Waals surface area (Å²) in [5.41, 5.74) is 1.04. The zero-order chi connectivity index (χ0) is 20.5. The highest BCUT2D eigenvalue weighted by Gasteiger charge is 2.37. The second kappa shape index (κ2) is 8.06. The Labute approximate surface area is 176 Å². The minimum atomic E-state index is -0.177. The second-order valence-electron chi connectivity index (χ2n) is 8.27. The number of nitrogens with one attached hydrogen (secondary N) is 1. The molecule has 2 aromatic rings. The molecule has 4 aliphatic heterocycles. The Bertz CT molecular complexity index is 899. The Hall–Kier alpha value is -2.94. The fourth-order valence-corrected chi connectivity index (χ4v) is 4.64. The van der Waals surface area contributed by atoms with Crippen LogP contribution < -0.4 is 20.0 Å². The summed E-state index contributed by atoms with van der Waals surface area (Å²) in [6.07, 6.45) is 6.07. The van der Waals surface area contributed by atoms with Crippen LogP contribution >= 0.6 is 0 Å². The van der Waals surface area contributed by atoms with Gasteiger partial charge in [0.15, 0.2) is 5.82 Å². The number of hydrogen-bond acceptors (Lipinski definition) is 7. The maximum atomic E-state index is 13.3. The van der Waals surface area contributed by atoms with Crippen LogP contribution in [0.3, 0.4) is 0 Å². The van der Waals surface area contributed by atoms with Crippen molar-refractivity contribution in [3.05, 3.63) is 30.7 Å². The molecule has 2 fully saturated rings. The fraction of sp³-hybridized carbons (Fsp3) is 0.524. The Morgan fingerprint density at radius 1 is 1.03 bits per heavy atom. The largest absolute Gasteiger partial charge is 0.368 e. The van der Waals surface area contributed by atoms with Crippen molar-refractivity contribution < 1.29 is 4.79 Å². The van der Waals surface area contributed by atoms with Crippen LogP contribution in [0.4, 0.5) is 27.9 Å². The summed E-state index contributed by atoms with van der Waals surface area (Å²) in [5, 5.41) is 2.94. The molecule has 4 aliphatic rings.